The number of pyridine rings is 1. The van der Waals surface area contributed by atoms with Crippen molar-refractivity contribution in [1.82, 2.24) is 4.98 Å². The highest BCUT2D eigenvalue weighted by Gasteiger charge is 2.42. The molecule has 5 nitrogen and oxygen atoms in total. The molecule has 1 saturated heterocycles. The van der Waals surface area contributed by atoms with Crippen LogP contribution in [0, 0.1) is 0 Å². The highest BCUT2D eigenvalue weighted by molar-refractivity contribution is 6.31. The van der Waals surface area contributed by atoms with E-state index in [1.54, 1.807) is 36.7 Å². The number of aromatic nitrogens is 1. The van der Waals surface area contributed by atoms with Crippen molar-refractivity contribution in [3.63, 3.8) is 0 Å². The molecule has 1 aromatic carbocycles. The fourth-order valence-electron chi connectivity index (χ4n) is 2.52. The number of nitrogens with two attached hydrogens (primary N) is 1. The summed E-state index contributed by atoms with van der Waals surface area (Å²) in [5.41, 5.74) is 1.60. The minimum Gasteiger partial charge on any atom is -0.332 e. The maximum absolute atomic E-state index is 12.5. The first-order valence-electron chi connectivity index (χ1n) is 7.00. The van der Waals surface area contributed by atoms with Crippen LogP contribution in [-0.2, 0) is 16.1 Å². The zero-order valence-corrected chi connectivity index (χ0v) is 12.5. The monoisotopic (exact) mass is 316 g/mol. The SMILES string of the molecule is O=C1C[C@H]([NH2+]Cc2ccncc2)C(=O)N1c1cccc(Cl)c1. The number of imide groups is 1. The Morgan fingerprint density at radius 2 is 2.00 bits per heavy atom. The fraction of sp³-hybridized carbons (Fsp3) is 0.188. The molecule has 1 aliphatic heterocycles. The van der Waals surface area contributed by atoms with Crippen LogP contribution in [0.15, 0.2) is 48.8 Å². The Kier molecular flexibility index (Phi) is 4.18. The molecule has 2 aromatic rings. The van der Waals surface area contributed by atoms with E-state index in [2.05, 4.69) is 4.98 Å². The minimum absolute atomic E-state index is 0.191. The molecule has 1 atom stereocenters. The third-order valence-electron chi connectivity index (χ3n) is 3.64. The van der Waals surface area contributed by atoms with Gasteiger partial charge >= 0.3 is 0 Å². The number of hydrogen-bond acceptors (Lipinski definition) is 3. The molecule has 0 unspecified atom stereocenters. The number of amides is 2. The van der Waals surface area contributed by atoms with Gasteiger partial charge in [0.15, 0.2) is 6.04 Å². The Morgan fingerprint density at radius 1 is 1.23 bits per heavy atom. The molecule has 3 rings (SSSR count). The number of nitrogens with zero attached hydrogens (tertiary/aromatic N) is 2. The zero-order valence-electron chi connectivity index (χ0n) is 11.8. The first kappa shape index (κ1) is 14.7. The van der Waals surface area contributed by atoms with Gasteiger partial charge in [0.25, 0.3) is 5.91 Å². The van der Waals surface area contributed by atoms with E-state index in [1.807, 2.05) is 17.4 Å². The predicted molar refractivity (Wildman–Crippen MR) is 82.2 cm³/mol. The lowest BCUT2D eigenvalue weighted by molar-refractivity contribution is -0.690. The van der Waals surface area contributed by atoms with Crippen LogP contribution < -0.4 is 10.2 Å². The first-order chi connectivity index (χ1) is 10.6. The van der Waals surface area contributed by atoms with Crippen molar-refractivity contribution >= 4 is 29.1 Å². The Hall–Kier alpha value is -2.24. The summed E-state index contributed by atoms with van der Waals surface area (Å²) in [6.45, 7) is 0.635. The molecule has 1 fully saturated rings. The van der Waals surface area contributed by atoms with E-state index < -0.39 is 0 Å². The number of hydrogen-bond donors (Lipinski definition) is 1. The van der Waals surface area contributed by atoms with Crippen molar-refractivity contribution in [2.75, 3.05) is 4.90 Å². The topological polar surface area (TPSA) is 66.9 Å². The molecule has 22 heavy (non-hydrogen) atoms. The van der Waals surface area contributed by atoms with Crippen molar-refractivity contribution in [2.45, 2.75) is 19.0 Å². The molecule has 1 aliphatic rings. The van der Waals surface area contributed by atoms with Crippen LogP contribution in [-0.4, -0.2) is 22.8 Å². The molecule has 112 valence electrons. The summed E-state index contributed by atoms with van der Waals surface area (Å²) in [4.78, 5) is 29.8. The maximum Gasteiger partial charge on any atom is 0.292 e. The Labute approximate surface area is 132 Å². The summed E-state index contributed by atoms with van der Waals surface area (Å²) < 4.78 is 0. The molecule has 0 aliphatic carbocycles. The van der Waals surface area contributed by atoms with Crippen molar-refractivity contribution in [3.8, 4) is 0 Å². The van der Waals surface area contributed by atoms with E-state index in [-0.39, 0.29) is 24.3 Å². The highest BCUT2D eigenvalue weighted by Crippen LogP contribution is 2.24. The van der Waals surface area contributed by atoms with E-state index in [4.69, 9.17) is 11.6 Å². The van der Waals surface area contributed by atoms with E-state index in [0.29, 0.717) is 17.3 Å². The quantitative estimate of drug-likeness (QED) is 0.860. The lowest BCUT2D eigenvalue weighted by Crippen LogP contribution is -2.90. The van der Waals surface area contributed by atoms with Crippen LogP contribution >= 0.6 is 11.6 Å². The van der Waals surface area contributed by atoms with Crippen LogP contribution in [0.1, 0.15) is 12.0 Å². The first-order valence-corrected chi connectivity index (χ1v) is 7.37. The van der Waals surface area contributed by atoms with Gasteiger partial charge in [0, 0.05) is 23.0 Å². The standard InChI is InChI=1S/C16H14ClN3O2/c17-12-2-1-3-13(8-12)20-15(21)9-14(16(20)22)19-10-11-4-6-18-7-5-11/h1-8,14,19H,9-10H2/p+1/t14-/m0/s1. The average Bonchev–Trinajstić information content (AvgIpc) is 2.80. The number of benzene rings is 1. The molecule has 6 heteroatoms. The molecular weight excluding hydrogens is 302 g/mol. The zero-order chi connectivity index (χ0) is 15.5. The van der Waals surface area contributed by atoms with Gasteiger partial charge in [-0.25, -0.2) is 4.90 Å². The van der Waals surface area contributed by atoms with Gasteiger partial charge < -0.3 is 5.32 Å². The molecule has 2 heterocycles. The minimum atomic E-state index is -0.389. The van der Waals surface area contributed by atoms with Crippen LogP contribution in [0.5, 0.6) is 0 Å². The van der Waals surface area contributed by atoms with Crippen LogP contribution in [0.2, 0.25) is 5.02 Å². The molecule has 1 aromatic heterocycles. The summed E-state index contributed by atoms with van der Waals surface area (Å²) in [5, 5.41) is 2.39. The van der Waals surface area contributed by atoms with Crippen molar-refractivity contribution in [2.24, 2.45) is 0 Å². The molecule has 0 radical (unpaired) electrons. The number of quaternary nitrogens is 1. The lowest BCUT2D eigenvalue weighted by Gasteiger charge is -2.14. The van der Waals surface area contributed by atoms with Gasteiger partial charge in [-0.1, -0.05) is 17.7 Å². The number of halogens is 1. The average molecular weight is 317 g/mol. The van der Waals surface area contributed by atoms with Crippen LogP contribution in [0.25, 0.3) is 0 Å². The Morgan fingerprint density at radius 3 is 2.73 bits per heavy atom. The van der Waals surface area contributed by atoms with E-state index in [1.165, 1.54) is 4.90 Å². The summed E-state index contributed by atoms with van der Waals surface area (Å²) in [5.74, 6) is -0.385. The van der Waals surface area contributed by atoms with Gasteiger partial charge in [-0.05, 0) is 30.3 Å². The fourth-order valence-corrected chi connectivity index (χ4v) is 2.71. The smallest absolute Gasteiger partial charge is 0.292 e. The highest BCUT2D eigenvalue weighted by atomic mass is 35.5. The molecule has 0 bridgehead atoms. The lowest BCUT2D eigenvalue weighted by atomic mass is 10.2. The van der Waals surface area contributed by atoms with E-state index >= 15 is 0 Å². The van der Waals surface area contributed by atoms with Crippen LogP contribution in [0.3, 0.4) is 0 Å². The molecule has 0 saturated carbocycles. The largest absolute Gasteiger partial charge is 0.332 e. The van der Waals surface area contributed by atoms with Crippen LogP contribution in [0.4, 0.5) is 5.69 Å². The van der Waals surface area contributed by atoms with Gasteiger partial charge in [0.2, 0.25) is 5.91 Å². The molecule has 2 N–H and O–H groups in total. The van der Waals surface area contributed by atoms with Gasteiger partial charge in [-0.3, -0.25) is 14.6 Å². The van der Waals surface area contributed by atoms with E-state index in [0.717, 1.165) is 5.56 Å². The summed E-state index contributed by atoms with van der Waals surface area (Å²) in [7, 11) is 0. The second-order valence-corrected chi connectivity index (χ2v) is 5.59. The number of carbonyl (C=O) groups is 2. The van der Waals surface area contributed by atoms with Gasteiger partial charge in [0.1, 0.15) is 6.54 Å². The molecular formula is C16H15ClN3O2+. The van der Waals surface area contributed by atoms with Gasteiger partial charge in [-0.15, -0.1) is 0 Å². The second-order valence-electron chi connectivity index (χ2n) is 5.15. The summed E-state index contributed by atoms with van der Waals surface area (Å²) in [6, 6.07) is 10.2. The predicted octanol–water partition coefficient (Wildman–Crippen LogP) is 1.13. The number of carbonyl (C=O) groups excluding carboxylic acids is 2. The third kappa shape index (κ3) is 3.00. The molecule has 2 amide bonds. The van der Waals surface area contributed by atoms with Gasteiger partial charge in [0.05, 0.1) is 12.1 Å². The van der Waals surface area contributed by atoms with Crippen molar-refractivity contribution in [1.29, 1.82) is 0 Å². The Bertz CT molecular complexity index is 706. The second kappa shape index (κ2) is 6.25. The number of anilines is 1. The number of rotatable bonds is 4. The third-order valence-corrected chi connectivity index (χ3v) is 3.87. The summed E-state index contributed by atoms with van der Waals surface area (Å²) in [6.07, 6.45) is 3.63. The summed E-state index contributed by atoms with van der Waals surface area (Å²) >= 11 is 5.93. The maximum atomic E-state index is 12.5. The van der Waals surface area contributed by atoms with Crippen molar-refractivity contribution < 1.29 is 14.9 Å². The van der Waals surface area contributed by atoms with Crippen molar-refractivity contribution in [3.05, 3.63) is 59.4 Å². The van der Waals surface area contributed by atoms with E-state index in [9.17, 15) is 9.59 Å². The molecule has 0 spiro atoms. The normalized spacial score (nSPS) is 18.0. The Balaban J connectivity index is 1.71. The van der Waals surface area contributed by atoms with Gasteiger partial charge in [-0.2, -0.15) is 0 Å².